The lowest BCUT2D eigenvalue weighted by molar-refractivity contribution is 0.0948. The number of amides is 1. The first-order valence-electron chi connectivity index (χ1n) is 5.26. The van der Waals surface area contributed by atoms with Gasteiger partial charge in [-0.05, 0) is 24.1 Å². The number of hydrogen-bond acceptors (Lipinski definition) is 2. The monoisotopic (exact) mass is 259 g/mol. The van der Waals surface area contributed by atoms with Crippen LogP contribution in [0.3, 0.4) is 0 Å². The summed E-state index contributed by atoms with van der Waals surface area (Å²) in [5, 5.41) is 2.68. The molecular formula is C12H15ClFNO2. The van der Waals surface area contributed by atoms with Crippen LogP contribution in [0.15, 0.2) is 18.2 Å². The molecule has 3 nitrogen and oxygen atoms in total. The van der Waals surface area contributed by atoms with Gasteiger partial charge in [-0.25, -0.2) is 4.39 Å². The SMILES string of the molecule is COc1ccc(C(=O)NCC(C)CCl)cc1F. The van der Waals surface area contributed by atoms with Gasteiger partial charge in [-0.2, -0.15) is 0 Å². The molecule has 1 aromatic carbocycles. The van der Waals surface area contributed by atoms with E-state index in [1.54, 1.807) is 0 Å². The van der Waals surface area contributed by atoms with Gasteiger partial charge in [-0.3, -0.25) is 4.79 Å². The van der Waals surface area contributed by atoms with Crippen molar-refractivity contribution in [2.45, 2.75) is 6.92 Å². The fourth-order valence-corrected chi connectivity index (χ4v) is 1.34. The van der Waals surface area contributed by atoms with Crippen molar-refractivity contribution in [2.24, 2.45) is 5.92 Å². The van der Waals surface area contributed by atoms with Crippen molar-refractivity contribution in [1.29, 1.82) is 0 Å². The average molecular weight is 260 g/mol. The van der Waals surface area contributed by atoms with Crippen molar-refractivity contribution in [3.8, 4) is 5.75 Å². The van der Waals surface area contributed by atoms with Gasteiger partial charge in [0.25, 0.3) is 5.91 Å². The summed E-state index contributed by atoms with van der Waals surface area (Å²) in [5.74, 6) is -0.0921. The molecule has 0 bridgehead atoms. The number of ether oxygens (including phenoxy) is 1. The Morgan fingerprint density at radius 2 is 2.29 bits per heavy atom. The molecule has 0 radical (unpaired) electrons. The normalized spacial score (nSPS) is 12.0. The first-order valence-corrected chi connectivity index (χ1v) is 5.79. The summed E-state index contributed by atoms with van der Waals surface area (Å²) < 4.78 is 18.1. The lowest BCUT2D eigenvalue weighted by Gasteiger charge is -2.10. The van der Waals surface area contributed by atoms with Gasteiger partial charge >= 0.3 is 0 Å². The van der Waals surface area contributed by atoms with E-state index < -0.39 is 5.82 Å². The number of nitrogens with one attached hydrogen (secondary N) is 1. The molecule has 0 heterocycles. The predicted octanol–water partition coefficient (Wildman–Crippen LogP) is 2.44. The second-order valence-electron chi connectivity index (χ2n) is 3.82. The number of hydrogen-bond donors (Lipinski definition) is 1. The van der Waals surface area contributed by atoms with Crippen molar-refractivity contribution in [3.63, 3.8) is 0 Å². The van der Waals surface area contributed by atoms with Crippen LogP contribution in [0.1, 0.15) is 17.3 Å². The molecule has 0 saturated carbocycles. The quantitative estimate of drug-likeness (QED) is 0.825. The van der Waals surface area contributed by atoms with Gasteiger partial charge < -0.3 is 10.1 Å². The van der Waals surface area contributed by atoms with E-state index in [0.29, 0.717) is 12.4 Å². The molecule has 1 N–H and O–H groups in total. The third-order valence-corrected chi connectivity index (χ3v) is 2.82. The Kier molecular flexibility index (Phi) is 5.22. The summed E-state index contributed by atoms with van der Waals surface area (Å²) in [6.07, 6.45) is 0. The molecule has 1 rings (SSSR count). The van der Waals surface area contributed by atoms with E-state index in [1.165, 1.54) is 19.2 Å². The number of rotatable bonds is 5. The van der Waals surface area contributed by atoms with Gasteiger partial charge in [0.1, 0.15) is 0 Å². The highest BCUT2D eigenvalue weighted by atomic mass is 35.5. The van der Waals surface area contributed by atoms with Crippen molar-refractivity contribution < 1.29 is 13.9 Å². The average Bonchev–Trinajstić information content (AvgIpc) is 2.35. The molecule has 0 spiro atoms. The van der Waals surface area contributed by atoms with Crippen molar-refractivity contribution in [3.05, 3.63) is 29.6 Å². The number of halogens is 2. The largest absolute Gasteiger partial charge is 0.494 e. The highest BCUT2D eigenvalue weighted by molar-refractivity contribution is 6.18. The first kappa shape index (κ1) is 13.8. The van der Waals surface area contributed by atoms with Gasteiger partial charge in [0.05, 0.1) is 7.11 Å². The maximum atomic E-state index is 13.3. The molecule has 0 aliphatic heterocycles. The van der Waals surface area contributed by atoms with Crippen LogP contribution in [-0.4, -0.2) is 25.4 Å². The lowest BCUT2D eigenvalue weighted by atomic mass is 10.1. The second-order valence-corrected chi connectivity index (χ2v) is 4.13. The zero-order chi connectivity index (χ0) is 12.8. The molecule has 1 atom stereocenters. The molecule has 0 aliphatic rings. The van der Waals surface area contributed by atoms with Crippen LogP contribution in [0.4, 0.5) is 4.39 Å². The summed E-state index contributed by atoms with van der Waals surface area (Å²) >= 11 is 5.62. The Bertz CT molecular complexity index is 398. The highest BCUT2D eigenvalue weighted by Crippen LogP contribution is 2.17. The van der Waals surface area contributed by atoms with Gasteiger partial charge in [0.2, 0.25) is 0 Å². The Hall–Kier alpha value is -1.29. The third-order valence-electron chi connectivity index (χ3n) is 2.29. The Morgan fingerprint density at radius 3 is 2.82 bits per heavy atom. The van der Waals surface area contributed by atoms with Gasteiger partial charge in [0, 0.05) is 18.0 Å². The zero-order valence-electron chi connectivity index (χ0n) is 9.80. The summed E-state index contributed by atoms with van der Waals surface area (Å²) in [6.45, 7) is 2.39. The van der Waals surface area contributed by atoms with Gasteiger partial charge in [-0.1, -0.05) is 6.92 Å². The third kappa shape index (κ3) is 3.89. The molecule has 0 aliphatic carbocycles. The zero-order valence-corrected chi connectivity index (χ0v) is 10.6. The maximum absolute atomic E-state index is 13.3. The fourth-order valence-electron chi connectivity index (χ4n) is 1.23. The molecule has 1 unspecified atom stereocenters. The smallest absolute Gasteiger partial charge is 0.251 e. The van der Waals surface area contributed by atoms with E-state index in [1.807, 2.05) is 6.92 Å². The number of carbonyl (C=O) groups excluding carboxylic acids is 1. The van der Waals surface area contributed by atoms with Gasteiger partial charge in [-0.15, -0.1) is 11.6 Å². The number of methoxy groups -OCH3 is 1. The van der Waals surface area contributed by atoms with E-state index in [2.05, 4.69) is 5.32 Å². The molecule has 5 heteroatoms. The minimum absolute atomic E-state index is 0.121. The molecule has 1 aromatic rings. The van der Waals surface area contributed by atoms with E-state index in [9.17, 15) is 9.18 Å². The second kappa shape index (κ2) is 6.45. The molecule has 94 valence electrons. The van der Waals surface area contributed by atoms with Crippen molar-refractivity contribution in [1.82, 2.24) is 5.32 Å². The highest BCUT2D eigenvalue weighted by Gasteiger charge is 2.10. The maximum Gasteiger partial charge on any atom is 0.251 e. The molecule has 0 fully saturated rings. The Labute approximate surface area is 105 Å². The van der Waals surface area contributed by atoms with Crippen LogP contribution < -0.4 is 10.1 Å². The standard InChI is InChI=1S/C12H15ClFNO2/c1-8(6-13)7-15-12(16)9-3-4-11(17-2)10(14)5-9/h3-5,8H,6-7H2,1-2H3,(H,15,16). The first-order chi connectivity index (χ1) is 8.08. The van der Waals surface area contributed by atoms with Crippen LogP contribution in [0.5, 0.6) is 5.75 Å². The Balaban J connectivity index is 2.66. The van der Waals surface area contributed by atoms with Crippen LogP contribution in [-0.2, 0) is 0 Å². The van der Waals surface area contributed by atoms with E-state index in [4.69, 9.17) is 16.3 Å². The number of alkyl halides is 1. The van der Waals surface area contributed by atoms with E-state index >= 15 is 0 Å². The minimum atomic E-state index is -0.550. The van der Waals surface area contributed by atoms with Crippen molar-refractivity contribution in [2.75, 3.05) is 19.5 Å². The molecule has 17 heavy (non-hydrogen) atoms. The topological polar surface area (TPSA) is 38.3 Å². The predicted molar refractivity (Wildman–Crippen MR) is 65.2 cm³/mol. The lowest BCUT2D eigenvalue weighted by Crippen LogP contribution is -2.28. The molecule has 0 aromatic heterocycles. The summed E-state index contributed by atoms with van der Waals surface area (Å²) in [4.78, 5) is 11.7. The summed E-state index contributed by atoms with van der Waals surface area (Å²) in [6, 6.07) is 4.09. The summed E-state index contributed by atoms with van der Waals surface area (Å²) in [5.41, 5.74) is 0.269. The minimum Gasteiger partial charge on any atom is -0.494 e. The van der Waals surface area contributed by atoms with Crippen LogP contribution in [0, 0.1) is 11.7 Å². The molecule has 0 saturated heterocycles. The van der Waals surface area contributed by atoms with Crippen LogP contribution >= 0.6 is 11.6 Å². The molecular weight excluding hydrogens is 245 g/mol. The van der Waals surface area contributed by atoms with Crippen LogP contribution in [0.2, 0.25) is 0 Å². The number of benzene rings is 1. The van der Waals surface area contributed by atoms with E-state index in [0.717, 1.165) is 6.07 Å². The van der Waals surface area contributed by atoms with Crippen LogP contribution in [0.25, 0.3) is 0 Å². The van der Waals surface area contributed by atoms with E-state index in [-0.39, 0.29) is 23.1 Å². The Morgan fingerprint density at radius 1 is 1.59 bits per heavy atom. The number of carbonyl (C=O) groups is 1. The summed E-state index contributed by atoms with van der Waals surface area (Å²) in [7, 11) is 1.38. The molecule has 1 amide bonds. The fraction of sp³-hybridized carbons (Fsp3) is 0.417. The van der Waals surface area contributed by atoms with Gasteiger partial charge in [0.15, 0.2) is 11.6 Å². The van der Waals surface area contributed by atoms with Crippen molar-refractivity contribution >= 4 is 17.5 Å².